The van der Waals surface area contributed by atoms with E-state index in [1.807, 2.05) is 17.1 Å². The summed E-state index contributed by atoms with van der Waals surface area (Å²) in [6.07, 6.45) is 14.8. The third-order valence-corrected chi connectivity index (χ3v) is 6.33. The summed E-state index contributed by atoms with van der Waals surface area (Å²) in [4.78, 5) is 10.6. The topological polar surface area (TPSA) is 64.3 Å². The second kappa shape index (κ2) is 6.25. The van der Waals surface area contributed by atoms with Gasteiger partial charge >= 0.3 is 0 Å². The number of oxime groups is 1. The van der Waals surface area contributed by atoms with Crippen LogP contribution in [0.4, 0.5) is 5.69 Å². The molecular formula is C20H27N5O. The molecule has 1 spiro atoms. The van der Waals surface area contributed by atoms with Crippen molar-refractivity contribution < 1.29 is 4.84 Å². The summed E-state index contributed by atoms with van der Waals surface area (Å²) in [5.41, 5.74) is 4.22. The van der Waals surface area contributed by atoms with Crippen LogP contribution in [0.2, 0.25) is 0 Å². The monoisotopic (exact) mass is 353 g/mol. The van der Waals surface area contributed by atoms with Crippen molar-refractivity contribution in [2.75, 3.05) is 5.32 Å². The van der Waals surface area contributed by atoms with Gasteiger partial charge in [-0.25, -0.2) is 9.67 Å². The number of hydrogen-bond donors (Lipinski definition) is 1. The molecule has 6 heteroatoms. The predicted molar refractivity (Wildman–Crippen MR) is 103 cm³/mol. The molecule has 0 radical (unpaired) electrons. The van der Waals surface area contributed by atoms with Crippen LogP contribution >= 0.6 is 0 Å². The highest BCUT2D eigenvalue weighted by Gasteiger charge is 2.45. The van der Waals surface area contributed by atoms with E-state index < -0.39 is 0 Å². The molecule has 2 aliphatic carbocycles. The summed E-state index contributed by atoms with van der Waals surface area (Å²) in [6.45, 7) is 2.93. The standard InChI is InChI=1S/C20H27N5O/c1-2-25-19-16(13-22-25)18(23-14-7-4-3-5-8-14)15(12-21-19)17-11-20(26-24-17)9-6-10-20/h12-14H,2-11H2,1H3,(H,21,23). The minimum atomic E-state index is -0.0278. The molecule has 3 heterocycles. The summed E-state index contributed by atoms with van der Waals surface area (Å²) in [5.74, 6) is 0. The van der Waals surface area contributed by atoms with E-state index in [0.29, 0.717) is 6.04 Å². The molecule has 2 aromatic rings. The van der Waals surface area contributed by atoms with Crippen LogP contribution in [0.5, 0.6) is 0 Å². The predicted octanol–water partition coefficient (Wildman–Crippen LogP) is 4.24. The zero-order chi connectivity index (χ0) is 17.6. The summed E-state index contributed by atoms with van der Waals surface area (Å²) < 4.78 is 1.96. The number of nitrogens with zero attached hydrogens (tertiary/aromatic N) is 4. The Bertz CT molecular complexity index is 845. The fourth-order valence-corrected chi connectivity index (χ4v) is 4.59. The maximum atomic E-state index is 5.84. The van der Waals surface area contributed by atoms with Crippen LogP contribution in [0, 0.1) is 0 Å². The van der Waals surface area contributed by atoms with Gasteiger partial charge in [-0.2, -0.15) is 5.10 Å². The zero-order valence-electron chi connectivity index (χ0n) is 15.5. The molecule has 0 bridgehead atoms. The van der Waals surface area contributed by atoms with Crippen LogP contribution in [0.3, 0.4) is 0 Å². The van der Waals surface area contributed by atoms with Gasteiger partial charge in [0.2, 0.25) is 0 Å². The molecule has 138 valence electrons. The van der Waals surface area contributed by atoms with Crippen molar-refractivity contribution in [3.05, 3.63) is 18.0 Å². The Hall–Kier alpha value is -2.11. The molecule has 2 aromatic heterocycles. The molecule has 1 aliphatic heterocycles. The first-order chi connectivity index (χ1) is 12.8. The fourth-order valence-electron chi connectivity index (χ4n) is 4.59. The molecule has 3 aliphatic rings. The van der Waals surface area contributed by atoms with E-state index in [-0.39, 0.29) is 5.60 Å². The summed E-state index contributed by atoms with van der Waals surface area (Å²) in [7, 11) is 0. The first-order valence-corrected chi connectivity index (χ1v) is 10.1. The number of rotatable bonds is 4. The normalized spacial score (nSPS) is 22.3. The first-order valence-electron chi connectivity index (χ1n) is 10.1. The van der Waals surface area contributed by atoms with Crippen molar-refractivity contribution in [2.24, 2.45) is 5.16 Å². The highest BCUT2D eigenvalue weighted by Crippen LogP contribution is 2.44. The van der Waals surface area contributed by atoms with E-state index in [0.717, 1.165) is 53.8 Å². The third kappa shape index (κ3) is 2.58. The van der Waals surface area contributed by atoms with Crippen LogP contribution in [-0.2, 0) is 11.4 Å². The quantitative estimate of drug-likeness (QED) is 0.893. The van der Waals surface area contributed by atoms with E-state index in [1.54, 1.807) is 0 Å². The summed E-state index contributed by atoms with van der Waals surface area (Å²) in [5, 5.41) is 14.0. The molecule has 0 unspecified atom stereocenters. The lowest BCUT2D eigenvalue weighted by molar-refractivity contribution is -0.0755. The van der Waals surface area contributed by atoms with Gasteiger partial charge in [0.1, 0.15) is 5.60 Å². The molecule has 0 aromatic carbocycles. The lowest BCUT2D eigenvalue weighted by atomic mass is 9.76. The fraction of sp³-hybridized carbons (Fsp3) is 0.650. The second-order valence-electron chi connectivity index (χ2n) is 8.07. The smallest absolute Gasteiger partial charge is 0.159 e. The number of aryl methyl sites for hydroxylation is 1. The molecule has 5 rings (SSSR count). The molecule has 2 saturated carbocycles. The van der Waals surface area contributed by atoms with Gasteiger partial charge < -0.3 is 10.2 Å². The summed E-state index contributed by atoms with van der Waals surface area (Å²) >= 11 is 0. The van der Waals surface area contributed by atoms with Crippen LogP contribution in [0.1, 0.15) is 70.3 Å². The number of aromatic nitrogens is 3. The average Bonchev–Trinajstić information content (AvgIpc) is 3.27. The number of hydrogen-bond acceptors (Lipinski definition) is 5. The van der Waals surface area contributed by atoms with Gasteiger partial charge in [0.25, 0.3) is 0 Å². The van der Waals surface area contributed by atoms with Crippen molar-refractivity contribution in [1.29, 1.82) is 0 Å². The second-order valence-corrected chi connectivity index (χ2v) is 8.07. The van der Waals surface area contributed by atoms with E-state index in [2.05, 4.69) is 22.5 Å². The molecule has 0 saturated heterocycles. The van der Waals surface area contributed by atoms with Crippen LogP contribution in [0.15, 0.2) is 17.5 Å². The van der Waals surface area contributed by atoms with Crippen molar-refractivity contribution in [3.8, 4) is 0 Å². The minimum absolute atomic E-state index is 0.0278. The van der Waals surface area contributed by atoms with Crippen LogP contribution < -0.4 is 5.32 Å². The largest absolute Gasteiger partial charge is 0.389 e. The Kier molecular flexibility index (Phi) is 3.87. The van der Waals surface area contributed by atoms with Gasteiger partial charge in [-0.3, -0.25) is 0 Å². The van der Waals surface area contributed by atoms with Crippen molar-refractivity contribution >= 4 is 22.4 Å². The van der Waals surface area contributed by atoms with E-state index >= 15 is 0 Å². The van der Waals surface area contributed by atoms with E-state index in [9.17, 15) is 0 Å². The highest BCUT2D eigenvalue weighted by atomic mass is 16.7. The van der Waals surface area contributed by atoms with Gasteiger partial charge in [-0.15, -0.1) is 0 Å². The number of anilines is 1. The van der Waals surface area contributed by atoms with E-state index in [1.165, 1.54) is 38.5 Å². The summed E-state index contributed by atoms with van der Waals surface area (Å²) in [6, 6.07) is 0.527. The molecule has 0 amide bonds. The zero-order valence-corrected chi connectivity index (χ0v) is 15.5. The molecule has 2 fully saturated rings. The van der Waals surface area contributed by atoms with Crippen LogP contribution in [-0.4, -0.2) is 32.1 Å². The van der Waals surface area contributed by atoms with Gasteiger partial charge in [0.15, 0.2) is 5.65 Å². The maximum Gasteiger partial charge on any atom is 0.159 e. The minimum Gasteiger partial charge on any atom is -0.389 e. The molecule has 6 nitrogen and oxygen atoms in total. The highest BCUT2D eigenvalue weighted by molar-refractivity contribution is 6.10. The van der Waals surface area contributed by atoms with Gasteiger partial charge in [0, 0.05) is 30.8 Å². The number of fused-ring (bicyclic) bond motifs is 1. The molecule has 0 atom stereocenters. The van der Waals surface area contributed by atoms with Crippen molar-refractivity contribution in [1.82, 2.24) is 14.8 Å². The Morgan fingerprint density at radius 3 is 2.73 bits per heavy atom. The Labute approximate surface area is 154 Å². The lowest BCUT2D eigenvalue weighted by Crippen LogP contribution is -2.37. The lowest BCUT2D eigenvalue weighted by Gasteiger charge is -2.34. The number of pyridine rings is 1. The Balaban J connectivity index is 1.54. The van der Waals surface area contributed by atoms with Crippen molar-refractivity contribution in [3.63, 3.8) is 0 Å². The average molecular weight is 353 g/mol. The Morgan fingerprint density at radius 2 is 2.04 bits per heavy atom. The van der Waals surface area contributed by atoms with Crippen LogP contribution in [0.25, 0.3) is 11.0 Å². The molecule has 1 N–H and O–H groups in total. The number of nitrogens with one attached hydrogen (secondary N) is 1. The van der Waals surface area contributed by atoms with Gasteiger partial charge in [-0.1, -0.05) is 24.4 Å². The molecule has 26 heavy (non-hydrogen) atoms. The van der Waals surface area contributed by atoms with Gasteiger partial charge in [-0.05, 0) is 39.0 Å². The van der Waals surface area contributed by atoms with Gasteiger partial charge in [0.05, 0.1) is 23.0 Å². The Morgan fingerprint density at radius 1 is 1.19 bits per heavy atom. The third-order valence-electron chi connectivity index (χ3n) is 6.33. The molecular weight excluding hydrogens is 326 g/mol. The van der Waals surface area contributed by atoms with E-state index in [4.69, 9.17) is 9.82 Å². The SMILES string of the molecule is CCn1ncc2c(NC3CCCCC3)c(C3=NOC4(CCC4)C3)cnc21. The van der Waals surface area contributed by atoms with Crippen molar-refractivity contribution in [2.45, 2.75) is 82.9 Å². The first kappa shape index (κ1) is 16.1. The maximum absolute atomic E-state index is 5.84.